The van der Waals surface area contributed by atoms with Gasteiger partial charge in [0.15, 0.2) is 5.75 Å². The van der Waals surface area contributed by atoms with Crippen molar-refractivity contribution < 1.29 is 17.9 Å². The second kappa shape index (κ2) is 5.76. The minimum Gasteiger partial charge on any atom is -0.468 e. The van der Waals surface area contributed by atoms with Crippen LogP contribution >= 0.6 is 27.3 Å². The molecule has 0 aliphatic carbocycles. The lowest BCUT2D eigenvalue weighted by molar-refractivity contribution is -0.137. The summed E-state index contributed by atoms with van der Waals surface area (Å²) in [5, 5.41) is 0. The second-order valence-electron chi connectivity index (χ2n) is 2.86. The quantitative estimate of drug-likeness (QED) is 0.822. The largest absolute Gasteiger partial charge is 0.468 e. The molecule has 0 saturated heterocycles. The molecule has 1 heterocycles. The topological polar surface area (TPSA) is 72.5 Å². The zero-order valence-electron chi connectivity index (χ0n) is 8.40. The van der Waals surface area contributed by atoms with Crippen molar-refractivity contribution in [2.24, 2.45) is 0 Å². The average molecular weight is 328 g/mol. The zero-order valence-corrected chi connectivity index (χ0v) is 11.6. The van der Waals surface area contributed by atoms with Gasteiger partial charge in [0, 0.05) is 11.4 Å². The Morgan fingerprint density at radius 2 is 2.25 bits per heavy atom. The lowest BCUT2D eigenvalue weighted by Gasteiger charge is -2.03. The van der Waals surface area contributed by atoms with Crippen molar-refractivity contribution in [3.63, 3.8) is 0 Å². The number of carbonyl (C=O) groups excluding carboxylic acids is 1. The van der Waals surface area contributed by atoms with E-state index >= 15 is 0 Å². The maximum absolute atomic E-state index is 11.4. The van der Waals surface area contributed by atoms with Gasteiger partial charge < -0.3 is 4.74 Å². The highest BCUT2D eigenvalue weighted by Gasteiger charge is 2.16. The molecule has 0 saturated carbocycles. The molecule has 8 heteroatoms. The molecule has 0 fully saturated rings. The molecule has 16 heavy (non-hydrogen) atoms. The summed E-state index contributed by atoms with van der Waals surface area (Å²) in [6.07, 6.45) is 0. The molecule has 1 aromatic heterocycles. The number of methoxy groups -OCH3 is 1. The van der Waals surface area contributed by atoms with Gasteiger partial charge in [-0.2, -0.15) is 0 Å². The summed E-state index contributed by atoms with van der Waals surface area (Å²) in [6.45, 7) is 0.176. The third kappa shape index (κ3) is 4.60. The van der Waals surface area contributed by atoms with Gasteiger partial charge in [0.2, 0.25) is 10.0 Å². The molecule has 1 N–H and O–H groups in total. The van der Waals surface area contributed by atoms with E-state index in [1.54, 1.807) is 6.07 Å². The normalized spacial score (nSPS) is 11.4. The van der Waals surface area contributed by atoms with Crippen molar-refractivity contribution in [3.05, 3.63) is 20.8 Å². The molecule has 0 radical (unpaired) electrons. The number of ether oxygens (including phenoxy) is 1. The van der Waals surface area contributed by atoms with Crippen molar-refractivity contribution in [2.75, 3.05) is 12.9 Å². The molecule has 0 amide bonds. The first-order valence-corrected chi connectivity index (χ1v) is 7.47. The Morgan fingerprint density at radius 1 is 1.56 bits per heavy atom. The van der Waals surface area contributed by atoms with Crippen LogP contribution in [0.5, 0.6) is 0 Å². The highest BCUT2D eigenvalue weighted by molar-refractivity contribution is 9.11. The summed E-state index contributed by atoms with van der Waals surface area (Å²) < 4.78 is 30.2. The van der Waals surface area contributed by atoms with E-state index in [9.17, 15) is 13.2 Å². The maximum Gasteiger partial charge on any atom is 0.322 e. The van der Waals surface area contributed by atoms with Crippen LogP contribution in [0.3, 0.4) is 0 Å². The van der Waals surface area contributed by atoms with Crippen LogP contribution in [0, 0.1) is 0 Å². The van der Waals surface area contributed by atoms with Crippen molar-refractivity contribution in [1.82, 2.24) is 4.72 Å². The number of sulfonamides is 1. The minimum absolute atomic E-state index is 0.176. The Kier molecular flexibility index (Phi) is 4.90. The standard InChI is InChI=1S/C8H10BrNO4S2/c1-14-8(11)5-16(12,13)10-4-6-2-3-7(9)15-6/h2-3,10H,4-5H2,1H3. The van der Waals surface area contributed by atoms with Crippen molar-refractivity contribution in [2.45, 2.75) is 6.54 Å². The van der Waals surface area contributed by atoms with Gasteiger partial charge in [-0.25, -0.2) is 13.1 Å². The van der Waals surface area contributed by atoms with E-state index in [0.29, 0.717) is 0 Å². The van der Waals surface area contributed by atoms with Crippen LogP contribution in [0.2, 0.25) is 0 Å². The Morgan fingerprint density at radius 3 is 2.75 bits per heavy atom. The number of thiophene rings is 1. The lowest BCUT2D eigenvalue weighted by Crippen LogP contribution is -2.30. The first-order valence-electron chi connectivity index (χ1n) is 4.21. The van der Waals surface area contributed by atoms with E-state index in [0.717, 1.165) is 15.8 Å². The molecule has 0 aliphatic rings. The first kappa shape index (κ1) is 13.6. The van der Waals surface area contributed by atoms with E-state index in [1.165, 1.54) is 11.3 Å². The van der Waals surface area contributed by atoms with Crippen LogP contribution in [0.4, 0.5) is 0 Å². The van der Waals surface area contributed by atoms with Gasteiger partial charge in [-0.3, -0.25) is 4.79 Å². The molecule has 1 aromatic rings. The van der Waals surface area contributed by atoms with Crippen LogP contribution in [0.15, 0.2) is 15.9 Å². The fourth-order valence-electron chi connectivity index (χ4n) is 0.893. The number of hydrogen-bond donors (Lipinski definition) is 1. The number of esters is 1. The number of rotatable bonds is 5. The maximum atomic E-state index is 11.4. The SMILES string of the molecule is COC(=O)CS(=O)(=O)NCc1ccc(Br)s1. The van der Waals surface area contributed by atoms with E-state index in [4.69, 9.17) is 0 Å². The van der Waals surface area contributed by atoms with Crippen LogP contribution in [0.1, 0.15) is 4.88 Å². The molecule has 0 bridgehead atoms. The summed E-state index contributed by atoms with van der Waals surface area (Å²) in [5.41, 5.74) is 0. The molecule has 90 valence electrons. The van der Waals surface area contributed by atoms with E-state index in [1.807, 2.05) is 6.07 Å². The Bertz CT molecular complexity index is 468. The number of carbonyl (C=O) groups is 1. The van der Waals surface area contributed by atoms with E-state index in [2.05, 4.69) is 25.4 Å². The molecule has 0 aliphatic heterocycles. The van der Waals surface area contributed by atoms with Crippen LogP contribution in [0.25, 0.3) is 0 Å². The molecule has 5 nitrogen and oxygen atoms in total. The summed E-state index contributed by atoms with van der Waals surface area (Å²) in [4.78, 5) is 11.7. The van der Waals surface area contributed by atoms with E-state index < -0.39 is 21.7 Å². The predicted octanol–water partition coefficient (Wildman–Crippen LogP) is 1.10. The molecule has 0 aromatic carbocycles. The fourth-order valence-corrected chi connectivity index (χ4v) is 3.31. The Balaban J connectivity index is 2.51. The van der Waals surface area contributed by atoms with E-state index in [-0.39, 0.29) is 6.54 Å². The first-order chi connectivity index (χ1) is 7.43. The third-order valence-corrected chi connectivity index (χ3v) is 4.45. The van der Waals surface area contributed by atoms with Crippen LogP contribution in [-0.4, -0.2) is 27.2 Å². The number of nitrogens with one attached hydrogen (secondary N) is 1. The molecule has 1 rings (SSSR count). The number of halogens is 1. The smallest absolute Gasteiger partial charge is 0.322 e. The van der Waals surface area contributed by atoms with Crippen molar-refractivity contribution in [1.29, 1.82) is 0 Å². The molecule has 0 spiro atoms. The average Bonchev–Trinajstić information content (AvgIpc) is 2.61. The van der Waals surface area contributed by atoms with Gasteiger partial charge in [-0.05, 0) is 28.1 Å². The fraction of sp³-hybridized carbons (Fsp3) is 0.375. The van der Waals surface area contributed by atoms with Gasteiger partial charge in [0.25, 0.3) is 0 Å². The molecule has 0 unspecified atom stereocenters. The second-order valence-corrected chi connectivity index (χ2v) is 7.22. The zero-order chi connectivity index (χ0) is 12.2. The summed E-state index contributed by atoms with van der Waals surface area (Å²) in [7, 11) is -2.47. The van der Waals surface area contributed by atoms with Crippen molar-refractivity contribution in [3.8, 4) is 0 Å². The lowest BCUT2D eigenvalue weighted by atomic mass is 10.5. The molecular weight excluding hydrogens is 318 g/mol. The minimum atomic E-state index is -3.62. The highest BCUT2D eigenvalue weighted by Crippen LogP contribution is 2.21. The summed E-state index contributed by atoms with van der Waals surface area (Å²) >= 11 is 4.70. The monoisotopic (exact) mass is 327 g/mol. The van der Waals surface area contributed by atoms with Gasteiger partial charge in [-0.15, -0.1) is 11.3 Å². The van der Waals surface area contributed by atoms with Gasteiger partial charge in [0.1, 0.15) is 0 Å². The highest BCUT2D eigenvalue weighted by atomic mass is 79.9. The third-order valence-electron chi connectivity index (χ3n) is 1.63. The Hall–Kier alpha value is -0.440. The van der Waals surface area contributed by atoms with Crippen LogP contribution < -0.4 is 4.72 Å². The van der Waals surface area contributed by atoms with Gasteiger partial charge in [-0.1, -0.05) is 0 Å². The van der Waals surface area contributed by atoms with Crippen molar-refractivity contribution >= 4 is 43.3 Å². The van der Waals surface area contributed by atoms with Gasteiger partial charge >= 0.3 is 5.97 Å². The summed E-state index contributed by atoms with van der Waals surface area (Å²) in [5.74, 6) is -1.43. The predicted molar refractivity (Wildman–Crippen MR) is 64.7 cm³/mol. The summed E-state index contributed by atoms with van der Waals surface area (Å²) in [6, 6.07) is 3.63. The van der Waals surface area contributed by atoms with Crippen LogP contribution in [-0.2, 0) is 26.1 Å². The molecule has 0 atom stereocenters. The molecular formula is C8H10BrNO4S2. The number of hydrogen-bond acceptors (Lipinski definition) is 5. The Labute approximate surface area is 106 Å². The van der Waals surface area contributed by atoms with Gasteiger partial charge in [0.05, 0.1) is 10.9 Å².